The first-order chi connectivity index (χ1) is 7.58. The van der Waals surface area contributed by atoms with E-state index in [4.69, 9.17) is 0 Å². The fraction of sp³-hybridized carbons (Fsp3) is 0.462. The first kappa shape index (κ1) is 9.82. The fourth-order valence-electron chi connectivity index (χ4n) is 2.66. The van der Waals surface area contributed by atoms with Gasteiger partial charge < -0.3 is 4.40 Å². The largest absolute Gasteiger partial charge is 0.301 e. The van der Waals surface area contributed by atoms with Crippen molar-refractivity contribution in [1.82, 2.24) is 9.38 Å². The second-order valence-electron chi connectivity index (χ2n) is 5.22. The molecule has 0 saturated heterocycles. The van der Waals surface area contributed by atoms with E-state index >= 15 is 0 Å². The van der Waals surface area contributed by atoms with Crippen molar-refractivity contribution in [2.45, 2.75) is 38.5 Å². The smallest absolute Gasteiger partial charge is 0.139 e. The summed E-state index contributed by atoms with van der Waals surface area (Å²) < 4.78 is 15.1. The lowest BCUT2D eigenvalue weighted by Crippen LogP contribution is -2.24. The van der Waals surface area contributed by atoms with Gasteiger partial charge in [-0.15, -0.1) is 0 Å². The Morgan fingerprint density at radius 1 is 1.38 bits per heavy atom. The number of hydrogen-bond acceptors (Lipinski definition) is 1. The lowest BCUT2D eigenvalue weighted by atomic mass is 9.78. The van der Waals surface area contributed by atoms with E-state index in [1.165, 1.54) is 11.8 Å². The topological polar surface area (TPSA) is 17.3 Å². The molecule has 0 radical (unpaired) electrons. The number of aromatic nitrogens is 2. The van der Waals surface area contributed by atoms with E-state index in [1.807, 2.05) is 4.40 Å². The summed E-state index contributed by atoms with van der Waals surface area (Å²) in [6.07, 6.45) is 4.86. The normalized spacial score (nSPS) is 18.7. The molecule has 0 amide bonds. The summed E-state index contributed by atoms with van der Waals surface area (Å²) in [4.78, 5) is 4.64. The van der Waals surface area contributed by atoms with Crippen molar-refractivity contribution in [3.05, 3.63) is 35.5 Å². The van der Waals surface area contributed by atoms with Gasteiger partial charge in [-0.05, 0) is 31.4 Å². The molecule has 0 aliphatic heterocycles. The third-order valence-electron chi connectivity index (χ3n) is 3.54. The fourth-order valence-corrected chi connectivity index (χ4v) is 2.66. The summed E-state index contributed by atoms with van der Waals surface area (Å²) in [5.41, 5.74) is 3.31. The Hall–Kier alpha value is -1.38. The maximum atomic E-state index is 13.2. The summed E-state index contributed by atoms with van der Waals surface area (Å²) in [6, 6.07) is 3.23. The first-order valence-electron chi connectivity index (χ1n) is 5.75. The van der Waals surface area contributed by atoms with Crippen LogP contribution in [0, 0.1) is 5.82 Å². The van der Waals surface area contributed by atoms with E-state index in [2.05, 4.69) is 18.8 Å². The zero-order valence-electron chi connectivity index (χ0n) is 9.63. The molecule has 2 aromatic rings. The van der Waals surface area contributed by atoms with Crippen molar-refractivity contribution < 1.29 is 4.39 Å². The van der Waals surface area contributed by atoms with Gasteiger partial charge in [0.1, 0.15) is 11.5 Å². The molecular weight excluding hydrogens is 203 g/mol. The third kappa shape index (κ3) is 1.27. The molecule has 16 heavy (non-hydrogen) atoms. The van der Waals surface area contributed by atoms with Gasteiger partial charge in [-0.3, -0.25) is 0 Å². The van der Waals surface area contributed by atoms with Gasteiger partial charge in [-0.25, -0.2) is 9.37 Å². The number of hydrogen-bond donors (Lipinski definition) is 0. The minimum atomic E-state index is -0.198. The molecule has 0 aromatic carbocycles. The van der Waals surface area contributed by atoms with E-state index in [0.29, 0.717) is 0 Å². The molecule has 2 heterocycles. The van der Waals surface area contributed by atoms with Crippen LogP contribution in [0.1, 0.15) is 38.1 Å². The molecule has 3 heteroatoms. The van der Waals surface area contributed by atoms with E-state index in [1.54, 1.807) is 12.3 Å². The Balaban J connectivity index is 2.33. The van der Waals surface area contributed by atoms with Gasteiger partial charge in [0.25, 0.3) is 0 Å². The molecule has 0 atom stereocenters. The van der Waals surface area contributed by atoms with Crippen molar-refractivity contribution in [2.75, 3.05) is 0 Å². The summed E-state index contributed by atoms with van der Waals surface area (Å²) in [6.45, 7) is 4.43. The lowest BCUT2D eigenvalue weighted by molar-refractivity contribution is 0.418. The average molecular weight is 218 g/mol. The molecular formula is C13H15FN2. The van der Waals surface area contributed by atoms with Crippen LogP contribution >= 0.6 is 0 Å². The van der Waals surface area contributed by atoms with Crippen LogP contribution in [0.25, 0.3) is 5.65 Å². The summed E-state index contributed by atoms with van der Waals surface area (Å²) in [5, 5.41) is 0. The summed E-state index contributed by atoms with van der Waals surface area (Å²) >= 11 is 0. The number of halogens is 1. The molecule has 0 N–H and O–H groups in total. The lowest BCUT2D eigenvalue weighted by Gasteiger charge is -2.28. The van der Waals surface area contributed by atoms with Crippen LogP contribution in [-0.4, -0.2) is 9.38 Å². The zero-order valence-corrected chi connectivity index (χ0v) is 9.63. The van der Waals surface area contributed by atoms with Crippen LogP contribution in [0.5, 0.6) is 0 Å². The predicted octanol–water partition coefficient (Wildman–Crippen LogP) is 3.09. The second kappa shape index (κ2) is 3.06. The highest BCUT2D eigenvalue weighted by atomic mass is 19.1. The third-order valence-corrected chi connectivity index (χ3v) is 3.54. The van der Waals surface area contributed by atoms with Crippen LogP contribution in [0.3, 0.4) is 0 Å². The van der Waals surface area contributed by atoms with Crippen molar-refractivity contribution in [3.63, 3.8) is 0 Å². The Morgan fingerprint density at radius 3 is 3.00 bits per heavy atom. The SMILES string of the molecule is CC1(C)CCCc2c1nc1ccc(F)cn21. The number of pyridine rings is 1. The molecule has 84 valence electrons. The van der Waals surface area contributed by atoms with Gasteiger partial charge in [-0.1, -0.05) is 13.8 Å². The van der Waals surface area contributed by atoms with E-state index in [0.717, 1.165) is 30.6 Å². The van der Waals surface area contributed by atoms with Crippen LogP contribution in [0.4, 0.5) is 4.39 Å². The molecule has 3 rings (SSSR count). The van der Waals surface area contributed by atoms with Crippen molar-refractivity contribution >= 4 is 5.65 Å². The number of aryl methyl sites for hydroxylation is 1. The molecule has 0 unspecified atom stereocenters. The quantitative estimate of drug-likeness (QED) is 0.664. The van der Waals surface area contributed by atoms with Crippen LogP contribution < -0.4 is 0 Å². The standard InChI is InChI=1S/C13H15FN2/c1-13(2)7-3-4-10-12(13)15-11-6-5-9(14)8-16(10)11/h5-6,8H,3-4,7H2,1-2H3. The van der Waals surface area contributed by atoms with E-state index in [-0.39, 0.29) is 11.2 Å². The first-order valence-corrected chi connectivity index (χ1v) is 5.75. The monoisotopic (exact) mass is 218 g/mol. The highest BCUT2D eigenvalue weighted by Gasteiger charge is 2.31. The van der Waals surface area contributed by atoms with Gasteiger partial charge in [0.05, 0.1) is 5.69 Å². The predicted molar refractivity (Wildman–Crippen MR) is 61.1 cm³/mol. The van der Waals surface area contributed by atoms with Gasteiger partial charge in [-0.2, -0.15) is 0 Å². The van der Waals surface area contributed by atoms with Crippen LogP contribution in [-0.2, 0) is 11.8 Å². The number of fused-ring (bicyclic) bond motifs is 3. The van der Waals surface area contributed by atoms with Gasteiger partial charge >= 0.3 is 0 Å². The Bertz CT molecular complexity index is 554. The average Bonchev–Trinajstić information content (AvgIpc) is 2.58. The molecule has 2 aromatic heterocycles. The minimum absolute atomic E-state index is 0.121. The molecule has 0 bridgehead atoms. The second-order valence-corrected chi connectivity index (χ2v) is 5.22. The highest BCUT2D eigenvalue weighted by Crippen LogP contribution is 2.36. The van der Waals surface area contributed by atoms with Gasteiger partial charge in [0, 0.05) is 17.3 Å². The number of imidazole rings is 1. The number of rotatable bonds is 0. The molecule has 0 saturated carbocycles. The maximum Gasteiger partial charge on any atom is 0.139 e. The van der Waals surface area contributed by atoms with Crippen LogP contribution in [0.2, 0.25) is 0 Å². The van der Waals surface area contributed by atoms with E-state index in [9.17, 15) is 4.39 Å². The molecule has 2 nitrogen and oxygen atoms in total. The molecule has 0 fully saturated rings. The molecule has 1 aliphatic rings. The maximum absolute atomic E-state index is 13.2. The zero-order chi connectivity index (χ0) is 11.3. The Labute approximate surface area is 94.1 Å². The van der Waals surface area contributed by atoms with Crippen molar-refractivity contribution in [3.8, 4) is 0 Å². The van der Waals surface area contributed by atoms with E-state index < -0.39 is 0 Å². The summed E-state index contributed by atoms with van der Waals surface area (Å²) in [5.74, 6) is -0.198. The minimum Gasteiger partial charge on any atom is -0.301 e. The molecule has 1 aliphatic carbocycles. The number of nitrogens with zero attached hydrogens (tertiary/aromatic N) is 2. The molecule has 0 spiro atoms. The Kier molecular flexibility index (Phi) is 1.88. The van der Waals surface area contributed by atoms with Gasteiger partial charge in [0.2, 0.25) is 0 Å². The highest BCUT2D eigenvalue weighted by molar-refractivity contribution is 5.46. The Morgan fingerprint density at radius 2 is 2.19 bits per heavy atom. The van der Waals surface area contributed by atoms with Gasteiger partial charge in [0.15, 0.2) is 0 Å². The van der Waals surface area contributed by atoms with Crippen molar-refractivity contribution in [1.29, 1.82) is 0 Å². The summed E-state index contributed by atoms with van der Waals surface area (Å²) in [7, 11) is 0. The van der Waals surface area contributed by atoms with Crippen molar-refractivity contribution in [2.24, 2.45) is 0 Å². The van der Waals surface area contributed by atoms with Crippen LogP contribution in [0.15, 0.2) is 18.3 Å².